The van der Waals surface area contributed by atoms with E-state index in [0.717, 1.165) is 22.4 Å². The monoisotopic (exact) mass is 294 g/mol. The van der Waals surface area contributed by atoms with Gasteiger partial charge in [-0.1, -0.05) is 24.6 Å². The van der Waals surface area contributed by atoms with Gasteiger partial charge in [-0.3, -0.25) is 0 Å². The van der Waals surface area contributed by atoms with Crippen LogP contribution in [0.3, 0.4) is 0 Å². The summed E-state index contributed by atoms with van der Waals surface area (Å²) in [6.45, 7) is 7.59. The number of aliphatic hydroxyl groups excluding tert-OH is 2. The minimum absolute atomic E-state index is 0.177. The Morgan fingerprint density at radius 3 is 2.10 bits per heavy atom. The Kier molecular flexibility index (Phi) is 5.75. The Morgan fingerprint density at radius 1 is 1.19 bits per heavy atom. The summed E-state index contributed by atoms with van der Waals surface area (Å²) in [6.07, 6.45) is 0. The highest BCUT2D eigenvalue weighted by Crippen LogP contribution is 2.23. The second-order valence-electron chi connectivity index (χ2n) is 6.19. The standard InChI is InChI=1S/C16H26N2O3/c1-11-6-12(2)14(13(3)7-11)17-15(21)18(5)8-16(4,9-19)10-20/h6-7,19-20H,8-10H2,1-5H3,(H,17,21). The molecule has 0 aliphatic carbocycles. The fraction of sp³-hybridized carbons (Fsp3) is 0.562. The van der Waals surface area contributed by atoms with Crippen LogP contribution in [0.25, 0.3) is 0 Å². The van der Waals surface area contributed by atoms with Crippen LogP contribution < -0.4 is 5.32 Å². The minimum Gasteiger partial charge on any atom is -0.396 e. The lowest BCUT2D eigenvalue weighted by Gasteiger charge is -2.30. The number of aliphatic hydroxyl groups is 2. The smallest absolute Gasteiger partial charge is 0.321 e. The van der Waals surface area contributed by atoms with Gasteiger partial charge in [0, 0.05) is 24.7 Å². The van der Waals surface area contributed by atoms with E-state index in [-0.39, 0.29) is 25.8 Å². The van der Waals surface area contributed by atoms with Gasteiger partial charge < -0.3 is 20.4 Å². The highest BCUT2D eigenvalue weighted by Gasteiger charge is 2.26. The van der Waals surface area contributed by atoms with Crippen LogP contribution in [-0.4, -0.2) is 48.0 Å². The summed E-state index contributed by atoms with van der Waals surface area (Å²) in [5.41, 5.74) is 3.29. The molecule has 118 valence electrons. The molecule has 0 fully saturated rings. The van der Waals surface area contributed by atoms with E-state index >= 15 is 0 Å². The fourth-order valence-corrected chi connectivity index (χ4v) is 2.37. The average molecular weight is 294 g/mol. The highest BCUT2D eigenvalue weighted by atomic mass is 16.3. The number of aryl methyl sites for hydroxylation is 3. The van der Waals surface area contributed by atoms with Crippen molar-refractivity contribution >= 4 is 11.7 Å². The molecule has 0 aliphatic rings. The normalized spacial score (nSPS) is 11.4. The van der Waals surface area contributed by atoms with Gasteiger partial charge in [0.15, 0.2) is 0 Å². The molecular formula is C16H26N2O3. The summed E-state index contributed by atoms with van der Waals surface area (Å²) in [7, 11) is 1.65. The second-order valence-corrected chi connectivity index (χ2v) is 6.19. The van der Waals surface area contributed by atoms with Crippen molar-refractivity contribution in [1.82, 2.24) is 4.90 Å². The third kappa shape index (κ3) is 4.44. The summed E-state index contributed by atoms with van der Waals surface area (Å²) in [4.78, 5) is 13.7. The van der Waals surface area contributed by atoms with Crippen molar-refractivity contribution in [2.45, 2.75) is 27.7 Å². The van der Waals surface area contributed by atoms with Crippen LogP contribution in [-0.2, 0) is 0 Å². The molecule has 0 saturated heterocycles. The fourth-order valence-electron chi connectivity index (χ4n) is 2.37. The Hall–Kier alpha value is -1.59. The second kappa shape index (κ2) is 6.91. The largest absolute Gasteiger partial charge is 0.396 e. The van der Waals surface area contributed by atoms with Crippen LogP contribution in [0.1, 0.15) is 23.6 Å². The number of hydrogen-bond donors (Lipinski definition) is 3. The first-order valence-corrected chi connectivity index (χ1v) is 7.04. The molecule has 1 aromatic rings. The predicted octanol–water partition coefficient (Wildman–Crippen LogP) is 2.07. The number of nitrogens with zero attached hydrogens (tertiary/aromatic N) is 1. The first-order valence-electron chi connectivity index (χ1n) is 7.04. The highest BCUT2D eigenvalue weighted by molar-refractivity contribution is 5.91. The maximum Gasteiger partial charge on any atom is 0.321 e. The number of hydrogen-bond acceptors (Lipinski definition) is 3. The van der Waals surface area contributed by atoms with Crippen molar-refractivity contribution in [3.63, 3.8) is 0 Å². The quantitative estimate of drug-likeness (QED) is 0.778. The third-order valence-corrected chi connectivity index (χ3v) is 3.64. The first kappa shape index (κ1) is 17.5. The van der Waals surface area contributed by atoms with Gasteiger partial charge in [-0.2, -0.15) is 0 Å². The molecule has 1 rings (SSSR count). The van der Waals surface area contributed by atoms with Crippen LogP contribution >= 0.6 is 0 Å². The molecule has 21 heavy (non-hydrogen) atoms. The Labute approximate surface area is 126 Å². The van der Waals surface area contributed by atoms with Gasteiger partial charge in [0.05, 0.1) is 13.2 Å². The molecule has 5 nitrogen and oxygen atoms in total. The first-order chi connectivity index (χ1) is 9.72. The topological polar surface area (TPSA) is 72.8 Å². The zero-order chi connectivity index (χ0) is 16.2. The number of anilines is 1. The van der Waals surface area contributed by atoms with E-state index in [1.165, 1.54) is 4.90 Å². The number of rotatable bonds is 5. The van der Waals surface area contributed by atoms with Gasteiger partial charge in [-0.25, -0.2) is 4.79 Å². The number of carbonyl (C=O) groups excluding carboxylic acids is 1. The Balaban J connectivity index is 2.82. The van der Waals surface area contributed by atoms with E-state index in [1.807, 2.05) is 32.9 Å². The van der Waals surface area contributed by atoms with Crippen LogP contribution in [0.15, 0.2) is 12.1 Å². The lowest BCUT2D eigenvalue weighted by molar-refractivity contribution is 0.0509. The molecule has 0 bridgehead atoms. The minimum atomic E-state index is -0.705. The molecule has 0 spiro atoms. The Bertz CT molecular complexity index is 487. The number of urea groups is 1. The third-order valence-electron chi connectivity index (χ3n) is 3.64. The van der Waals surface area contributed by atoms with Crippen LogP contribution in [0, 0.1) is 26.2 Å². The van der Waals surface area contributed by atoms with E-state index in [9.17, 15) is 15.0 Å². The number of amides is 2. The van der Waals surface area contributed by atoms with Crippen molar-refractivity contribution in [3.8, 4) is 0 Å². The van der Waals surface area contributed by atoms with Gasteiger partial charge in [0.25, 0.3) is 0 Å². The van der Waals surface area contributed by atoms with E-state index < -0.39 is 5.41 Å². The maximum atomic E-state index is 12.3. The molecule has 1 aromatic carbocycles. The summed E-state index contributed by atoms with van der Waals surface area (Å²) in [5.74, 6) is 0. The van der Waals surface area contributed by atoms with Crippen molar-refractivity contribution in [1.29, 1.82) is 0 Å². The lowest BCUT2D eigenvalue weighted by atomic mass is 9.92. The van der Waals surface area contributed by atoms with Crippen LogP contribution in [0.2, 0.25) is 0 Å². The number of carbonyl (C=O) groups is 1. The van der Waals surface area contributed by atoms with Crippen LogP contribution in [0.5, 0.6) is 0 Å². The molecule has 0 aliphatic heterocycles. The molecule has 3 N–H and O–H groups in total. The molecule has 0 unspecified atom stereocenters. The summed E-state index contributed by atoms with van der Waals surface area (Å²) >= 11 is 0. The van der Waals surface area contributed by atoms with Gasteiger partial charge in [-0.05, 0) is 31.9 Å². The van der Waals surface area contributed by atoms with E-state index in [4.69, 9.17) is 0 Å². The van der Waals surface area contributed by atoms with Crippen molar-refractivity contribution in [2.75, 3.05) is 32.1 Å². The van der Waals surface area contributed by atoms with Gasteiger partial charge in [0.2, 0.25) is 0 Å². The molecule has 5 heteroatoms. The zero-order valence-corrected chi connectivity index (χ0v) is 13.5. The zero-order valence-electron chi connectivity index (χ0n) is 13.5. The summed E-state index contributed by atoms with van der Waals surface area (Å²) in [6, 6.07) is 3.79. The molecular weight excluding hydrogens is 268 g/mol. The van der Waals surface area contributed by atoms with Gasteiger partial charge in [0.1, 0.15) is 0 Å². The molecule has 0 radical (unpaired) electrons. The van der Waals surface area contributed by atoms with Crippen molar-refractivity contribution < 1.29 is 15.0 Å². The Morgan fingerprint density at radius 2 is 1.67 bits per heavy atom. The number of nitrogens with one attached hydrogen (secondary N) is 1. The maximum absolute atomic E-state index is 12.3. The van der Waals surface area contributed by atoms with E-state index in [1.54, 1.807) is 14.0 Å². The van der Waals surface area contributed by atoms with Crippen molar-refractivity contribution in [2.24, 2.45) is 5.41 Å². The lowest BCUT2D eigenvalue weighted by Crippen LogP contribution is -2.43. The molecule has 0 atom stereocenters. The van der Waals surface area contributed by atoms with Gasteiger partial charge >= 0.3 is 6.03 Å². The SMILES string of the molecule is Cc1cc(C)c(NC(=O)N(C)CC(C)(CO)CO)c(C)c1. The summed E-state index contributed by atoms with van der Waals surface area (Å²) in [5, 5.41) is 21.5. The molecule has 0 saturated carbocycles. The molecule has 0 aromatic heterocycles. The van der Waals surface area contributed by atoms with Crippen LogP contribution in [0.4, 0.5) is 10.5 Å². The van der Waals surface area contributed by atoms with E-state index in [2.05, 4.69) is 5.32 Å². The average Bonchev–Trinajstić information content (AvgIpc) is 2.42. The van der Waals surface area contributed by atoms with E-state index in [0.29, 0.717) is 0 Å². The summed E-state index contributed by atoms with van der Waals surface area (Å²) < 4.78 is 0. The van der Waals surface area contributed by atoms with Crippen molar-refractivity contribution in [3.05, 3.63) is 28.8 Å². The van der Waals surface area contributed by atoms with Gasteiger partial charge in [-0.15, -0.1) is 0 Å². The predicted molar refractivity (Wildman–Crippen MR) is 84.6 cm³/mol. The molecule has 0 heterocycles. The molecule has 2 amide bonds. The number of benzene rings is 1.